The van der Waals surface area contributed by atoms with E-state index in [4.69, 9.17) is 23.2 Å². The van der Waals surface area contributed by atoms with Crippen molar-refractivity contribution in [3.63, 3.8) is 0 Å². The molecule has 0 saturated heterocycles. The SMILES string of the molecule is CCC(CCl)(CCl)NC(=O)c1cc(Br)c(Br)s1. The number of amides is 1. The van der Waals surface area contributed by atoms with Gasteiger partial charge in [-0.2, -0.15) is 0 Å². The minimum Gasteiger partial charge on any atom is -0.344 e. The van der Waals surface area contributed by atoms with Crippen LogP contribution in [0.1, 0.15) is 23.0 Å². The summed E-state index contributed by atoms with van der Waals surface area (Å²) in [5.41, 5.74) is -0.539. The lowest BCUT2D eigenvalue weighted by Gasteiger charge is -2.29. The molecule has 7 heteroatoms. The van der Waals surface area contributed by atoms with Crippen LogP contribution >= 0.6 is 66.4 Å². The number of carbonyl (C=O) groups is 1. The monoisotopic (exact) mass is 421 g/mol. The third kappa shape index (κ3) is 3.83. The Bertz CT molecular complexity index is 379. The van der Waals surface area contributed by atoms with Gasteiger partial charge in [0.15, 0.2) is 0 Å². The summed E-state index contributed by atoms with van der Waals surface area (Å²) in [6.07, 6.45) is 0.694. The maximum atomic E-state index is 12.0. The molecule has 96 valence electrons. The van der Waals surface area contributed by atoms with Gasteiger partial charge >= 0.3 is 0 Å². The molecule has 2 nitrogen and oxygen atoms in total. The largest absolute Gasteiger partial charge is 0.344 e. The number of carbonyl (C=O) groups excluding carboxylic acids is 1. The van der Waals surface area contributed by atoms with Crippen LogP contribution in [-0.4, -0.2) is 23.2 Å². The van der Waals surface area contributed by atoms with Crippen LogP contribution < -0.4 is 5.32 Å². The quantitative estimate of drug-likeness (QED) is 0.687. The minimum atomic E-state index is -0.539. The van der Waals surface area contributed by atoms with E-state index < -0.39 is 5.54 Å². The Balaban J connectivity index is 2.84. The summed E-state index contributed by atoms with van der Waals surface area (Å²) >= 11 is 19.8. The van der Waals surface area contributed by atoms with Crippen LogP contribution in [0, 0.1) is 0 Å². The van der Waals surface area contributed by atoms with Crippen molar-refractivity contribution in [2.75, 3.05) is 11.8 Å². The highest BCUT2D eigenvalue weighted by Gasteiger charge is 2.29. The molecule has 0 unspecified atom stereocenters. The topological polar surface area (TPSA) is 29.1 Å². The van der Waals surface area contributed by atoms with Crippen LogP contribution in [-0.2, 0) is 0 Å². The van der Waals surface area contributed by atoms with Crippen LogP contribution in [0.25, 0.3) is 0 Å². The van der Waals surface area contributed by atoms with E-state index in [0.29, 0.717) is 23.1 Å². The predicted molar refractivity (Wildman–Crippen MR) is 81.6 cm³/mol. The maximum absolute atomic E-state index is 12.0. The second-order valence-electron chi connectivity index (χ2n) is 3.59. The highest BCUT2D eigenvalue weighted by molar-refractivity contribution is 9.13. The molecule has 0 spiro atoms. The summed E-state index contributed by atoms with van der Waals surface area (Å²) in [5, 5.41) is 2.90. The molecular weight excluding hydrogens is 413 g/mol. The second-order valence-corrected chi connectivity index (χ2v) is 7.35. The zero-order valence-corrected chi connectivity index (χ0v) is 14.5. The van der Waals surface area contributed by atoms with E-state index in [1.54, 1.807) is 6.07 Å². The van der Waals surface area contributed by atoms with Crippen LogP contribution in [0.4, 0.5) is 0 Å². The highest BCUT2D eigenvalue weighted by Crippen LogP contribution is 2.32. The highest BCUT2D eigenvalue weighted by atomic mass is 79.9. The fourth-order valence-electron chi connectivity index (χ4n) is 1.14. The molecule has 17 heavy (non-hydrogen) atoms. The van der Waals surface area contributed by atoms with Gasteiger partial charge in [0, 0.05) is 16.2 Å². The van der Waals surface area contributed by atoms with E-state index in [2.05, 4.69) is 37.2 Å². The Kier molecular flexibility index (Phi) is 6.26. The summed E-state index contributed by atoms with van der Waals surface area (Å²) in [7, 11) is 0. The number of halogens is 4. The van der Waals surface area contributed by atoms with Crippen molar-refractivity contribution < 1.29 is 4.79 Å². The molecule has 0 aromatic carbocycles. The molecule has 0 saturated carbocycles. The molecule has 1 rings (SSSR count). The maximum Gasteiger partial charge on any atom is 0.261 e. The van der Waals surface area contributed by atoms with E-state index in [1.165, 1.54) is 11.3 Å². The van der Waals surface area contributed by atoms with Crippen molar-refractivity contribution in [2.45, 2.75) is 18.9 Å². The van der Waals surface area contributed by atoms with Crippen molar-refractivity contribution in [1.82, 2.24) is 5.32 Å². The van der Waals surface area contributed by atoms with Crippen molar-refractivity contribution in [1.29, 1.82) is 0 Å². The Morgan fingerprint density at radius 3 is 2.41 bits per heavy atom. The first kappa shape index (κ1) is 15.8. The number of hydrogen-bond acceptors (Lipinski definition) is 2. The van der Waals surface area contributed by atoms with Gasteiger partial charge in [0.05, 0.1) is 14.2 Å². The summed E-state index contributed by atoms with van der Waals surface area (Å²) in [5.74, 6) is 0.448. The first-order chi connectivity index (χ1) is 7.98. The molecule has 1 heterocycles. The molecule has 0 aliphatic carbocycles. The lowest BCUT2D eigenvalue weighted by Crippen LogP contribution is -2.51. The zero-order valence-electron chi connectivity index (χ0n) is 9.03. The van der Waals surface area contributed by atoms with Gasteiger partial charge in [-0.15, -0.1) is 34.5 Å². The second kappa shape index (κ2) is 6.75. The van der Waals surface area contributed by atoms with Crippen LogP contribution in [0.5, 0.6) is 0 Å². The Hall–Kier alpha value is 0.710. The van der Waals surface area contributed by atoms with Gasteiger partial charge in [-0.25, -0.2) is 0 Å². The Morgan fingerprint density at radius 1 is 1.47 bits per heavy atom. The van der Waals surface area contributed by atoms with Gasteiger partial charge in [-0.3, -0.25) is 4.79 Å². The van der Waals surface area contributed by atoms with Crippen molar-refractivity contribution in [3.8, 4) is 0 Å². The first-order valence-electron chi connectivity index (χ1n) is 4.87. The van der Waals surface area contributed by atoms with Crippen LogP contribution in [0.15, 0.2) is 14.3 Å². The van der Waals surface area contributed by atoms with Crippen molar-refractivity contribution in [3.05, 3.63) is 19.2 Å². The van der Waals surface area contributed by atoms with Gasteiger partial charge in [-0.05, 0) is 44.3 Å². The number of hydrogen-bond donors (Lipinski definition) is 1. The fourth-order valence-corrected chi connectivity index (χ4v) is 3.87. The smallest absolute Gasteiger partial charge is 0.261 e. The molecule has 0 aliphatic heterocycles. The first-order valence-corrected chi connectivity index (χ1v) is 8.34. The van der Waals surface area contributed by atoms with Gasteiger partial charge < -0.3 is 5.32 Å². The third-order valence-electron chi connectivity index (χ3n) is 2.44. The number of alkyl halides is 2. The number of thiophene rings is 1. The molecule has 1 amide bonds. The molecule has 1 N–H and O–H groups in total. The van der Waals surface area contributed by atoms with E-state index in [0.717, 1.165) is 8.26 Å². The van der Waals surface area contributed by atoms with E-state index in [1.807, 2.05) is 6.92 Å². The molecule has 0 aliphatic rings. The van der Waals surface area contributed by atoms with Gasteiger partial charge in [-0.1, -0.05) is 6.92 Å². The molecule has 0 atom stereocenters. The average molecular weight is 424 g/mol. The summed E-state index contributed by atoms with van der Waals surface area (Å²) in [6.45, 7) is 1.95. The predicted octanol–water partition coefficient (Wildman–Crippen LogP) is 4.63. The molecule has 0 bridgehead atoms. The summed E-state index contributed by atoms with van der Waals surface area (Å²) < 4.78 is 1.76. The summed E-state index contributed by atoms with van der Waals surface area (Å²) in [6, 6.07) is 1.77. The van der Waals surface area contributed by atoms with E-state index in [-0.39, 0.29) is 5.91 Å². The lowest BCUT2D eigenvalue weighted by atomic mass is 10.0. The standard InChI is InChI=1S/C10H11Br2Cl2NOS/c1-2-10(4-13,5-14)15-9(16)7-3-6(11)8(12)17-7/h3H,2,4-5H2,1H3,(H,15,16). The molecule has 1 aromatic heterocycles. The normalized spacial score (nSPS) is 11.6. The van der Waals surface area contributed by atoms with Gasteiger partial charge in [0.2, 0.25) is 0 Å². The Morgan fingerprint density at radius 2 is 2.06 bits per heavy atom. The molecule has 0 fully saturated rings. The van der Waals surface area contributed by atoms with Crippen molar-refractivity contribution >= 4 is 72.3 Å². The fraction of sp³-hybridized carbons (Fsp3) is 0.500. The van der Waals surface area contributed by atoms with E-state index in [9.17, 15) is 4.79 Å². The Labute approximate surface area is 131 Å². The van der Waals surface area contributed by atoms with Crippen LogP contribution in [0.2, 0.25) is 0 Å². The minimum absolute atomic E-state index is 0.149. The average Bonchev–Trinajstić information content (AvgIpc) is 2.67. The number of nitrogens with one attached hydrogen (secondary N) is 1. The zero-order chi connectivity index (χ0) is 13.1. The van der Waals surface area contributed by atoms with Crippen molar-refractivity contribution in [2.24, 2.45) is 0 Å². The van der Waals surface area contributed by atoms with Crippen LogP contribution in [0.3, 0.4) is 0 Å². The van der Waals surface area contributed by atoms with Gasteiger partial charge in [0.1, 0.15) is 0 Å². The number of rotatable bonds is 5. The third-order valence-corrected chi connectivity index (χ3v) is 6.71. The molecule has 1 aromatic rings. The molecular formula is C10H11Br2Cl2NOS. The molecule has 0 radical (unpaired) electrons. The van der Waals surface area contributed by atoms with Gasteiger partial charge in [0.25, 0.3) is 5.91 Å². The van der Waals surface area contributed by atoms with E-state index >= 15 is 0 Å². The summed E-state index contributed by atoms with van der Waals surface area (Å²) in [4.78, 5) is 12.7. The lowest BCUT2D eigenvalue weighted by molar-refractivity contribution is 0.0917.